The summed E-state index contributed by atoms with van der Waals surface area (Å²) in [7, 11) is 0. The first-order chi connectivity index (χ1) is 18.8. The van der Waals surface area contributed by atoms with Crippen molar-refractivity contribution >= 4 is 34.0 Å². The van der Waals surface area contributed by atoms with Gasteiger partial charge in [-0.05, 0) is 95.3 Å². The summed E-state index contributed by atoms with van der Waals surface area (Å²) in [6.07, 6.45) is 1.76. The minimum atomic E-state index is -0.343. The van der Waals surface area contributed by atoms with Gasteiger partial charge in [0.25, 0.3) is 5.69 Å². The summed E-state index contributed by atoms with van der Waals surface area (Å²) in [5.41, 5.74) is 13.2. The summed E-state index contributed by atoms with van der Waals surface area (Å²) in [5.74, 6) is 1.36. The van der Waals surface area contributed by atoms with E-state index in [-0.39, 0.29) is 22.8 Å². The maximum atomic E-state index is 10.9. The number of ether oxygens (including phenoxy) is 2. The molecule has 2 aromatic carbocycles. The van der Waals surface area contributed by atoms with Gasteiger partial charge < -0.3 is 15.2 Å². The van der Waals surface area contributed by atoms with Crippen molar-refractivity contribution < 1.29 is 14.4 Å². The number of nitro benzene ring substituents is 1. The zero-order valence-electron chi connectivity index (χ0n) is 24.4. The summed E-state index contributed by atoms with van der Waals surface area (Å²) in [6.45, 7) is 15.7. The molecule has 0 fully saturated rings. The summed E-state index contributed by atoms with van der Waals surface area (Å²) < 4.78 is 11.1. The number of anilines is 1. The molecule has 2 heterocycles. The lowest BCUT2D eigenvalue weighted by molar-refractivity contribution is -0.385. The van der Waals surface area contributed by atoms with Crippen LogP contribution >= 0.6 is 22.7 Å². The Morgan fingerprint density at radius 3 is 1.68 bits per heavy atom. The second-order valence-corrected chi connectivity index (χ2v) is 12.2. The number of hydrogen-bond donors (Lipinski definition) is 1. The number of nitrogen functional groups attached to an aromatic ring is 1. The van der Waals surface area contributed by atoms with Gasteiger partial charge in [-0.25, -0.2) is 9.97 Å². The topological polar surface area (TPSA) is 113 Å². The third-order valence-corrected chi connectivity index (χ3v) is 7.69. The fourth-order valence-corrected chi connectivity index (χ4v) is 5.46. The molecule has 0 aliphatic rings. The lowest BCUT2D eigenvalue weighted by atomic mass is 10.0. The largest absolute Gasteiger partial charge is 0.474 e. The van der Waals surface area contributed by atoms with Gasteiger partial charge in [-0.1, -0.05) is 6.07 Å². The molecule has 4 aromatic rings. The molecule has 0 spiro atoms. The highest BCUT2D eigenvalue weighted by atomic mass is 32.1. The standard InChI is InChI=1S/C15H18N2O3S.C15H20N2OS/c1-9(2)20-14-8-21-15(16-14)7-12-5-11(4)13(17(18)19)6-10(12)3;1-9(2)18-14-8-19-15(17-14)7-12-5-11(4)13(16)6-10(12)3/h5-6,8-9H,7H2,1-4H3;5-6,8-9H,7,16H2,1-4H3. The van der Waals surface area contributed by atoms with Crippen LogP contribution in [0, 0.1) is 37.8 Å². The van der Waals surface area contributed by atoms with Crippen molar-refractivity contribution in [3.05, 3.63) is 88.5 Å². The number of aromatic nitrogens is 2. The van der Waals surface area contributed by atoms with E-state index < -0.39 is 0 Å². The fraction of sp³-hybridized carbons (Fsp3) is 0.400. The normalized spacial score (nSPS) is 10.9. The van der Waals surface area contributed by atoms with Crippen LogP contribution in [0.15, 0.2) is 35.0 Å². The monoisotopic (exact) mass is 582 g/mol. The minimum absolute atomic E-state index is 0.100. The van der Waals surface area contributed by atoms with Crippen molar-refractivity contribution in [3.63, 3.8) is 0 Å². The van der Waals surface area contributed by atoms with E-state index in [0.29, 0.717) is 17.9 Å². The Hall–Kier alpha value is -3.50. The average molecular weight is 583 g/mol. The first-order valence-electron chi connectivity index (χ1n) is 13.1. The van der Waals surface area contributed by atoms with Gasteiger partial charge in [0.15, 0.2) is 0 Å². The molecule has 0 saturated carbocycles. The number of nitrogens with zero attached hydrogens (tertiary/aromatic N) is 3. The molecule has 214 valence electrons. The maximum Gasteiger partial charge on any atom is 0.272 e. The third kappa shape index (κ3) is 8.76. The van der Waals surface area contributed by atoms with Crippen molar-refractivity contribution in [1.29, 1.82) is 0 Å². The van der Waals surface area contributed by atoms with E-state index in [1.807, 2.05) is 64.4 Å². The third-order valence-electron chi connectivity index (χ3n) is 6.03. The Morgan fingerprint density at radius 1 is 0.775 bits per heavy atom. The van der Waals surface area contributed by atoms with E-state index in [1.165, 1.54) is 11.1 Å². The lowest BCUT2D eigenvalue weighted by Gasteiger charge is -2.08. The van der Waals surface area contributed by atoms with Crippen molar-refractivity contribution in [2.75, 3.05) is 5.73 Å². The van der Waals surface area contributed by atoms with Crippen molar-refractivity contribution in [2.45, 2.75) is 80.4 Å². The zero-order chi connectivity index (χ0) is 29.6. The number of aryl methyl sites for hydroxylation is 4. The highest BCUT2D eigenvalue weighted by Crippen LogP contribution is 2.27. The zero-order valence-corrected chi connectivity index (χ0v) is 26.0. The van der Waals surface area contributed by atoms with Gasteiger partial charge >= 0.3 is 0 Å². The Bertz CT molecular complexity index is 1460. The van der Waals surface area contributed by atoms with Crippen LogP contribution in [0.1, 0.15) is 71.1 Å². The Labute approximate surface area is 244 Å². The molecule has 0 amide bonds. The van der Waals surface area contributed by atoms with Gasteiger partial charge in [-0.2, -0.15) is 0 Å². The molecule has 0 radical (unpaired) electrons. The highest BCUT2D eigenvalue weighted by Gasteiger charge is 2.15. The number of rotatable bonds is 9. The van der Waals surface area contributed by atoms with Gasteiger partial charge in [0.2, 0.25) is 11.8 Å². The van der Waals surface area contributed by atoms with Gasteiger partial charge in [0.1, 0.15) is 10.0 Å². The molecule has 0 aliphatic carbocycles. The van der Waals surface area contributed by atoms with Crippen LogP contribution in [-0.4, -0.2) is 27.1 Å². The van der Waals surface area contributed by atoms with E-state index >= 15 is 0 Å². The highest BCUT2D eigenvalue weighted by molar-refractivity contribution is 7.10. The molecule has 8 nitrogen and oxygen atoms in total. The molecule has 0 saturated heterocycles. The predicted molar refractivity (Wildman–Crippen MR) is 164 cm³/mol. The second kappa shape index (κ2) is 13.7. The van der Waals surface area contributed by atoms with E-state index in [1.54, 1.807) is 35.7 Å². The van der Waals surface area contributed by atoms with Crippen molar-refractivity contribution in [3.8, 4) is 11.8 Å². The van der Waals surface area contributed by atoms with Crippen LogP contribution in [0.4, 0.5) is 11.4 Å². The van der Waals surface area contributed by atoms with E-state index in [4.69, 9.17) is 15.2 Å². The predicted octanol–water partition coefficient (Wildman–Crippen LogP) is 7.77. The van der Waals surface area contributed by atoms with Crippen LogP contribution in [-0.2, 0) is 12.8 Å². The molecule has 4 rings (SSSR count). The van der Waals surface area contributed by atoms with Crippen LogP contribution in [0.25, 0.3) is 0 Å². The van der Waals surface area contributed by atoms with E-state index in [9.17, 15) is 10.1 Å². The van der Waals surface area contributed by atoms with Crippen LogP contribution in [0.3, 0.4) is 0 Å². The molecule has 10 heteroatoms. The Balaban J connectivity index is 0.000000222. The number of thiazole rings is 2. The smallest absolute Gasteiger partial charge is 0.272 e. The second-order valence-electron chi connectivity index (χ2n) is 10.3. The fourth-order valence-electron chi connectivity index (χ4n) is 4.00. The van der Waals surface area contributed by atoms with Gasteiger partial charge in [0.05, 0.1) is 27.9 Å². The van der Waals surface area contributed by atoms with E-state index in [2.05, 4.69) is 23.0 Å². The first-order valence-corrected chi connectivity index (χ1v) is 14.9. The summed E-state index contributed by atoms with van der Waals surface area (Å²) in [4.78, 5) is 19.5. The number of benzene rings is 2. The van der Waals surface area contributed by atoms with Gasteiger partial charge in [0, 0.05) is 30.2 Å². The minimum Gasteiger partial charge on any atom is -0.474 e. The maximum absolute atomic E-state index is 10.9. The molecule has 0 aliphatic heterocycles. The summed E-state index contributed by atoms with van der Waals surface area (Å²) >= 11 is 3.18. The van der Waals surface area contributed by atoms with Crippen molar-refractivity contribution in [2.24, 2.45) is 0 Å². The molecule has 0 bridgehead atoms. The molecule has 2 aromatic heterocycles. The number of nitrogens with two attached hydrogens (primary N) is 1. The summed E-state index contributed by atoms with van der Waals surface area (Å²) in [5, 5.41) is 16.8. The molecule has 0 atom stereocenters. The number of nitro groups is 1. The number of hydrogen-bond acceptors (Lipinski definition) is 9. The molecule has 40 heavy (non-hydrogen) atoms. The first kappa shape index (κ1) is 31.0. The molecular weight excluding hydrogens is 544 g/mol. The molecular formula is C30H38N4O4S2. The average Bonchev–Trinajstić information content (AvgIpc) is 3.48. The SMILES string of the molecule is Cc1cc(Cc2nc(OC(C)C)cs2)c(C)cc1N.Cc1cc([N+](=O)[O-])c(C)cc1Cc1nc(OC(C)C)cs1. The van der Waals surface area contributed by atoms with Crippen LogP contribution in [0.5, 0.6) is 11.8 Å². The molecule has 2 N–H and O–H groups in total. The summed E-state index contributed by atoms with van der Waals surface area (Å²) in [6, 6.07) is 7.68. The molecule has 0 unspecified atom stereocenters. The van der Waals surface area contributed by atoms with E-state index in [0.717, 1.165) is 44.7 Å². The van der Waals surface area contributed by atoms with Crippen LogP contribution in [0.2, 0.25) is 0 Å². The quantitative estimate of drug-likeness (QED) is 0.122. The van der Waals surface area contributed by atoms with Crippen LogP contribution < -0.4 is 15.2 Å². The van der Waals surface area contributed by atoms with Crippen molar-refractivity contribution in [1.82, 2.24) is 9.97 Å². The Morgan fingerprint density at radius 2 is 1.23 bits per heavy atom. The van der Waals surface area contributed by atoms with Gasteiger partial charge in [-0.3, -0.25) is 10.1 Å². The van der Waals surface area contributed by atoms with Gasteiger partial charge in [-0.15, -0.1) is 22.7 Å². The lowest BCUT2D eigenvalue weighted by Crippen LogP contribution is -2.05. The Kier molecular flexibility index (Phi) is 10.6.